The second-order valence-corrected chi connectivity index (χ2v) is 7.86. The highest BCUT2D eigenvalue weighted by Crippen LogP contribution is 2.45. The third-order valence-electron chi connectivity index (χ3n) is 3.58. The van der Waals surface area contributed by atoms with Gasteiger partial charge in [0.25, 0.3) is 0 Å². The normalized spacial score (nSPS) is 10.7. The van der Waals surface area contributed by atoms with E-state index in [1.807, 2.05) is 54.6 Å². The summed E-state index contributed by atoms with van der Waals surface area (Å²) in [5.41, 5.74) is 0. The van der Waals surface area contributed by atoms with Gasteiger partial charge in [-0.15, -0.1) is 0 Å². The van der Waals surface area contributed by atoms with Gasteiger partial charge in [0.1, 0.15) is 0 Å². The van der Waals surface area contributed by atoms with E-state index < -0.39 is 7.05 Å². The molecular weight excluding hydrogens is 287 g/mol. The lowest BCUT2D eigenvalue weighted by Gasteiger charge is -2.24. The molecule has 0 N–H and O–H groups in total. The molecule has 3 rings (SSSR count). The van der Waals surface area contributed by atoms with Gasteiger partial charge in [-0.1, -0.05) is 91.0 Å². The summed E-state index contributed by atoms with van der Waals surface area (Å²) < 4.78 is 4.48. The molecule has 3 aromatic carbocycles. The molecule has 106 valence electrons. The maximum Gasteiger partial charge on any atom is 0.205 e. The van der Waals surface area contributed by atoms with E-state index in [1.54, 1.807) is 0 Å². The summed E-state index contributed by atoms with van der Waals surface area (Å²) in [7, 11) is -2.29. The van der Waals surface area contributed by atoms with Crippen LogP contribution in [0.3, 0.4) is 0 Å². The van der Waals surface area contributed by atoms with E-state index in [9.17, 15) is 5.26 Å². The third kappa shape index (κ3) is 2.48. The lowest BCUT2D eigenvalue weighted by molar-refractivity contribution is 1.46. The first-order valence-electron chi connectivity index (χ1n) is 7.05. The summed E-state index contributed by atoms with van der Waals surface area (Å²) in [6, 6.07) is 30.4. The minimum absolute atomic E-state index is 1.09. The molecule has 0 fully saturated rings. The summed E-state index contributed by atoms with van der Waals surface area (Å²) in [6.45, 7) is 0. The molecule has 2 nitrogen and oxygen atoms in total. The summed E-state index contributed by atoms with van der Waals surface area (Å²) in [6.07, 6.45) is 2.08. The molecule has 0 aliphatic heterocycles. The van der Waals surface area contributed by atoms with Crippen LogP contribution in [-0.2, 0) is 0 Å². The van der Waals surface area contributed by atoms with E-state index in [1.165, 1.54) is 0 Å². The van der Waals surface area contributed by atoms with Crippen LogP contribution in [0.4, 0.5) is 0 Å². The number of rotatable bonds is 3. The lowest BCUT2D eigenvalue weighted by atomic mass is 10.4. The van der Waals surface area contributed by atoms with E-state index in [0.29, 0.717) is 0 Å². The van der Waals surface area contributed by atoms with Crippen molar-refractivity contribution in [1.29, 1.82) is 5.26 Å². The van der Waals surface area contributed by atoms with Gasteiger partial charge in [-0.05, 0) is 0 Å². The van der Waals surface area contributed by atoms with Crippen molar-refractivity contribution in [3.63, 3.8) is 0 Å². The number of benzene rings is 3. The Kier molecular flexibility index (Phi) is 4.19. The van der Waals surface area contributed by atoms with E-state index in [2.05, 4.69) is 47.3 Å². The van der Waals surface area contributed by atoms with Crippen molar-refractivity contribution in [2.24, 2.45) is 4.74 Å². The highest BCUT2D eigenvalue weighted by molar-refractivity contribution is 7.87. The van der Waals surface area contributed by atoms with Gasteiger partial charge in [0, 0.05) is 15.9 Å². The Morgan fingerprint density at radius 3 is 1.18 bits per heavy atom. The molecule has 0 atom stereocenters. The summed E-state index contributed by atoms with van der Waals surface area (Å²) in [5, 5.41) is 12.7. The van der Waals surface area contributed by atoms with Gasteiger partial charge in [0.15, 0.2) is 0 Å². The Morgan fingerprint density at radius 1 is 0.591 bits per heavy atom. The highest BCUT2D eigenvalue weighted by atomic mass is 31.2. The van der Waals surface area contributed by atoms with E-state index in [-0.39, 0.29) is 0 Å². The standard InChI is InChI=1S/C19H15N2P/c20-16-21-22(17-10-4-1-5-11-17,18-12-6-2-7-13-18)19-14-8-3-9-15-19/h1-15H. The van der Waals surface area contributed by atoms with Crippen LogP contribution in [0.1, 0.15) is 0 Å². The van der Waals surface area contributed by atoms with Crippen LogP contribution in [0.5, 0.6) is 0 Å². The Labute approximate surface area is 130 Å². The van der Waals surface area contributed by atoms with Crippen molar-refractivity contribution < 1.29 is 0 Å². The van der Waals surface area contributed by atoms with Crippen LogP contribution in [0.15, 0.2) is 95.7 Å². The lowest BCUT2D eigenvalue weighted by Crippen LogP contribution is -2.25. The zero-order chi connectivity index (χ0) is 15.3. The number of nitrogens with zero attached hydrogens (tertiary/aromatic N) is 2. The van der Waals surface area contributed by atoms with Crippen molar-refractivity contribution in [3.05, 3.63) is 91.0 Å². The molecule has 3 heteroatoms. The van der Waals surface area contributed by atoms with E-state index in [0.717, 1.165) is 15.9 Å². The van der Waals surface area contributed by atoms with E-state index in [4.69, 9.17) is 0 Å². The third-order valence-corrected chi connectivity index (χ3v) is 7.11. The van der Waals surface area contributed by atoms with Gasteiger partial charge in [-0.25, -0.2) is 0 Å². The van der Waals surface area contributed by atoms with Crippen molar-refractivity contribution >= 4 is 23.0 Å². The zero-order valence-electron chi connectivity index (χ0n) is 12.0. The maximum absolute atomic E-state index is 9.40. The monoisotopic (exact) mass is 302 g/mol. The largest absolute Gasteiger partial charge is 0.205 e. The minimum atomic E-state index is -2.29. The van der Waals surface area contributed by atoms with Gasteiger partial charge in [-0.3, -0.25) is 0 Å². The molecule has 0 unspecified atom stereocenters. The number of hydrogen-bond acceptors (Lipinski definition) is 2. The predicted octanol–water partition coefficient (Wildman–Crippen LogP) is 3.65. The van der Waals surface area contributed by atoms with Gasteiger partial charge >= 0.3 is 0 Å². The van der Waals surface area contributed by atoms with Crippen LogP contribution in [-0.4, -0.2) is 0 Å². The van der Waals surface area contributed by atoms with Crippen LogP contribution < -0.4 is 15.9 Å². The van der Waals surface area contributed by atoms with E-state index >= 15 is 0 Å². The second-order valence-electron chi connectivity index (χ2n) is 4.84. The fourth-order valence-electron chi connectivity index (χ4n) is 2.62. The van der Waals surface area contributed by atoms with Crippen molar-refractivity contribution in [2.75, 3.05) is 0 Å². The fourth-order valence-corrected chi connectivity index (χ4v) is 5.80. The Hall–Kier alpha value is -2.62. The van der Waals surface area contributed by atoms with Crippen LogP contribution in [0.2, 0.25) is 0 Å². The van der Waals surface area contributed by atoms with Gasteiger partial charge < -0.3 is 0 Å². The summed E-state index contributed by atoms with van der Waals surface area (Å²) in [4.78, 5) is 0. The van der Waals surface area contributed by atoms with Crippen molar-refractivity contribution in [3.8, 4) is 6.19 Å². The molecule has 0 radical (unpaired) electrons. The van der Waals surface area contributed by atoms with Gasteiger partial charge in [-0.2, -0.15) is 10.0 Å². The van der Waals surface area contributed by atoms with Crippen molar-refractivity contribution in [1.82, 2.24) is 0 Å². The van der Waals surface area contributed by atoms with Gasteiger partial charge in [0.2, 0.25) is 6.19 Å². The predicted molar refractivity (Wildman–Crippen MR) is 93.2 cm³/mol. The van der Waals surface area contributed by atoms with Crippen LogP contribution >= 0.6 is 7.05 Å². The minimum Gasteiger partial charge on any atom is -0.180 e. The average Bonchev–Trinajstić information content (AvgIpc) is 2.62. The molecule has 0 saturated heterocycles. The highest BCUT2D eigenvalue weighted by Gasteiger charge is 2.27. The van der Waals surface area contributed by atoms with Crippen LogP contribution in [0, 0.1) is 11.5 Å². The first-order valence-corrected chi connectivity index (χ1v) is 8.79. The Morgan fingerprint density at radius 2 is 0.909 bits per heavy atom. The quantitative estimate of drug-likeness (QED) is 0.537. The number of hydrogen-bond donors (Lipinski definition) is 0. The summed E-state index contributed by atoms with van der Waals surface area (Å²) >= 11 is 0. The summed E-state index contributed by atoms with van der Waals surface area (Å²) in [5.74, 6) is 0. The average molecular weight is 302 g/mol. The van der Waals surface area contributed by atoms with Gasteiger partial charge in [0.05, 0.1) is 7.05 Å². The first kappa shape index (κ1) is 14.3. The molecule has 22 heavy (non-hydrogen) atoms. The molecule has 0 aliphatic carbocycles. The molecule has 3 aromatic rings. The second kappa shape index (κ2) is 6.43. The Bertz CT molecular complexity index is 731. The van der Waals surface area contributed by atoms with Crippen LogP contribution in [0.25, 0.3) is 0 Å². The topological polar surface area (TPSA) is 36.1 Å². The fraction of sp³-hybridized carbons (Fsp3) is 0. The molecule has 0 aromatic heterocycles. The molecule has 0 saturated carbocycles. The molecular formula is C19H15N2P. The molecule has 0 heterocycles. The first-order chi connectivity index (χ1) is 10.9. The number of nitriles is 1. The molecule has 0 spiro atoms. The molecule has 0 amide bonds. The molecule has 0 bridgehead atoms. The molecule has 0 aliphatic rings. The SMILES string of the molecule is N#CN=P(c1ccccc1)(c1ccccc1)c1ccccc1. The zero-order valence-corrected chi connectivity index (χ0v) is 12.9. The van der Waals surface area contributed by atoms with Crippen molar-refractivity contribution in [2.45, 2.75) is 0 Å². The smallest absolute Gasteiger partial charge is 0.180 e. The maximum atomic E-state index is 9.40. The Balaban J connectivity index is 2.41.